The zero-order valence-corrected chi connectivity index (χ0v) is 13.8. The Morgan fingerprint density at radius 3 is 1.58 bits per heavy atom. The fraction of sp³-hybridized carbons (Fsp3) is 0.444. The molecule has 2 aliphatic heterocycles. The summed E-state index contributed by atoms with van der Waals surface area (Å²) in [6.07, 6.45) is 11.1. The lowest BCUT2D eigenvalue weighted by molar-refractivity contribution is -0.149. The first-order chi connectivity index (χ1) is 11.7. The number of allylic oxidation sites excluding steroid dienone is 6. The van der Waals surface area contributed by atoms with Crippen LogP contribution in [0.4, 0.5) is 0 Å². The number of fused-ring (bicyclic) bond motifs is 1. The first-order valence-electron chi connectivity index (χ1n) is 7.89. The van der Waals surface area contributed by atoms with E-state index in [1.54, 1.807) is 24.3 Å². The van der Waals surface area contributed by atoms with Crippen molar-refractivity contribution >= 4 is 11.9 Å². The number of carbonyl (C=O) groups excluding carboxylic acids is 2. The Hall–Kier alpha value is -2.18. The molecule has 0 N–H and O–H groups in total. The Balaban J connectivity index is 1.85. The lowest BCUT2D eigenvalue weighted by Crippen LogP contribution is -2.35. The second kappa shape index (κ2) is 9.20. The smallest absolute Gasteiger partial charge is 0.331 e. The molecule has 0 aliphatic carbocycles. The Morgan fingerprint density at radius 1 is 0.792 bits per heavy atom. The Labute approximate surface area is 141 Å². The summed E-state index contributed by atoms with van der Waals surface area (Å²) in [5.74, 6) is -0.915. The Bertz CT molecular complexity index is 510. The molecule has 0 radical (unpaired) electrons. The summed E-state index contributed by atoms with van der Waals surface area (Å²) in [6, 6.07) is 0. The lowest BCUT2D eigenvalue weighted by Gasteiger charge is -2.16. The van der Waals surface area contributed by atoms with Crippen LogP contribution in [0, 0.1) is 0 Å². The van der Waals surface area contributed by atoms with Crippen LogP contribution in [0.3, 0.4) is 0 Å². The third-order valence-corrected chi connectivity index (χ3v) is 3.57. The highest BCUT2D eigenvalue weighted by molar-refractivity contribution is 5.83. The number of hydrogen-bond acceptors (Lipinski definition) is 6. The zero-order chi connectivity index (χ0) is 17.4. The van der Waals surface area contributed by atoms with Gasteiger partial charge in [0.05, 0.1) is 13.2 Å². The van der Waals surface area contributed by atoms with Crippen LogP contribution >= 0.6 is 0 Å². The molecule has 0 unspecified atom stereocenters. The number of carbonyl (C=O) groups is 2. The second-order valence-electron chi connectivity index (χ2n) is 5.32. The molecular formula is C18H22O6. The monoisotopic (exact) mass is 334 g/mol. The fourth-order valence-electron chi connectivity index (χ4n) is 2.50. The summed E-state index contributed by atoms with van der Waals surface area (Å²) in [7, 11) is 0. The van der Waals surface area contributed by atoms with Gasteiger partial charge in [-0.05, 0) is 13.8 Å². The largest absolute Gasteiger partial charge is 0.454 e. The molecule has 130 valence electrons. The van der Waals surface area contributed by atoms with Crippen LogP contribution in [0.15, 0.2) is 48.6 Å². The number of esters is 2. The van der Waals surface area contributed by atoms with Crippen molar-refractivity contribution in [3.8, 4) is 0 Å². The summed E-state index contributed by atoms with van der Waals surface area (Å²) < 4.78 is 21.9. The van der Waals surface area contributed by atoms with Crippen molar-refractivity contribution in [3.63, 3.8) is 0 Å². The van der Waals surface area contributed by atoms with Crippen molar-refractivity contribution in [1.29, 1.82) is 0 Å². The molecule has 2 heterocycles. The molecule has 2 saturated heterocycles. The zero-order valence-electron chi connectivity index (χ0n) is 13.8. The highest BCUT2D eigenvalue weighted by Gasteiger charge is 2.50. The molecule has 2 rings (SSSR count). The molecule has 6 nitrogen and oxygen atoms in total. The van der Waals surface area contributed by atoms with E-state index in [2.05, 4.69) is 0 Å². The van der Waals surface area contributed by atoms with E-state index in [1.807, 2.05) is 26.0 Å². The number of ether oxygens (including phenoxy) is 4. The molecular weight excluding hydrogens is 312 g/mol. The van der Waals surface area contributed by atoms with Crippen molar-refractivity contribution in [2.24, 2.45) is 0 Å². The highest BCUT2D eigenvalue weighted by Crippen LogP contribution is 2.30. The van der Waals surface area contributed by atoms with E-state index < -0.39 is 36.4 Å². The van der Waals surface area contributed by atoms with Crippen LogP contribution in [-0.2, 0) is 28.5 Å². The van der Waals surface area contributed by atoms with Gasteiger partial charge in [0.1, 0.15) is 12.2 Å². The van der Waals surface area contributed by atoms with Crippen molar-refractivity contribution in [3.05, 3.63) is 48.6 Å². The maximum atomic E-state index is 11.7. The van der Waals surface area contributed by atoms with E-state index in [4.69, 9.17) is 18.9 Å². The summed E-state index contributed by atoms with van der Waals surface area (Å²) in [5, 5.41) is 0. The minimum absolute atomic E-state index is 0.223. The predicted molar refractivity (Wildman–Crippen MR) is 87.1 cm³/mol. The third-order valence-electron chi connectivity index (χ3n) is 3.57. The van der Waals surface area contributed by atoms with Crippen LogP contribution in [0.5, 0.6) is 0 Å². The maximum absolute atomic E-state index is 11.7. The van der Waals surface area contributed by atoms with Gasteiger partial charge < -0.3 is 18.9 Å². The topological polar surface area (TPSA) is 71.1 Å². The van der Waals surface area contributed by atoms with E-state index in [9.17, 15) is 9.59 Å². The van der Waals surface area contributed by atoms with Gasteiger partial charge in [0.25, 0.3) is 0 Å². The molecule has 0 amide bonds. The summed E-state index contributed by atoms with van der Waals surface area (Å²) in [5.41, 5.74) is 0. The van der Waals surface area contributed by atoms with Crippen molar-refractivity contribution in [2.45, 2.75) is 38.3 Å². The van der Waals surface area contributed by atoms with Crippen LogP contribution in [0.1, 0.15) is 13.8 Å². The molecule has 6 heteroatoms. The van der Waals surface area contributed by atoms with E-state index in [-0.39, 0.29) is 13.2 Å². The standard InChI is InChI=1S/C18H22O6/c1-3-5-7-9-15(19)23-13-11-21-18-14(12-22-17(13)18)24-16(20)10-8-6-4-2/h3-10,13-14,17-18H,11-12H2,1-2H3/t13-,14+,17-,18-/m1/s1. The van der Waals surface area contributed by atoms with Gasteiger partial charge in [-0.3, -0.25) is 0 Å². The third kappa shape index (κ3) is 4.91. The van der Waals surface area contributed by atoms with Gasteiger partial charge in [0.15, 0.2) is 12.2 Å². The SMILES string of the molecule is CC=CC=CC(=O)O[C@H]1CO[C@H]2[C@@H]1OC[C@H]2OC(=O)C=CC=CC. The Morgan fingerprint density at radius 2 is 1.21 bits per heavy atom. The first-order valence-corrected chi connectivity index (χ1v) is 7.89. The molecule has 0 aromatic heterocycles. The summed E-state index contributed by atoms with van der Waals surface area (Å²) in [4.78, 5) is 23.4. The Kier molecular flexibility index (Phi) is 6.96. The van der Waals surface area contributed by atoms with Gasteiger partial charge in [-0.25, -0.2) is 9.59 Å². The highest BCUT2D eigenvalue weighted by atomic mass is 16.7. The number of hydrogen-bond donors (Lipinski definition) is 0. The van der Waals surface area contributed by atoms with Gasteiger partial charge in [0.2, 0.25) is 0 Å². The van der Waals surface area contributed by atoms with Crippen LogP contribution in [-0.4, -0.2) is 49.6 Å². The predicted octanol–water partition coefficient (Wildman–Crippen LogP) is 1.87. The van der Waals surface area contributed by atoms with Gasteiger partial charge >= 0.3 is 11.9 Å². The fourth-order valence-corrected chi connectivity index (χ4v) is 2.50. The average molecular weight is 334 g/mol. The van der Waals surface area contributed by atoms with Crippen molar-refractivity contribution in [2.75, 3.05) is 13.2 Å². The summed E-state index contributed by atoms with van der Waals surface area (Å²) in [6.45, 7) is 4.15. The molecule has 2 fully saturated rings. The van der Waals surface area contributed by atoms with Crippen LogP contribution in [0.25, 0.3) is 0 Å². The van der Waals surface area contributed by atoms with E-state index in [0.717, 1.165) is 0 Å². The molecule has 2 aliphatic rings. The van der Waals surface area contributed by atoms with E-state index in [1.165, 1.54) is 12.2 Å². The minimum Gasteiger partial charge on any atom is -0.454 e. The van der Waals surface area contributed by atoms with Crippen LogP contribution < -0.4 is 0 Å². The molecule has 0 aromatic carbocycles. The van der Waals surface area contributed by atoms with Gasteiger partial charge in [0, 0.05) is 12.2 Å². The maximum Gasteiger partial charge on any atom is 0.331 e. The molecule has 0 saturated carbocycles. The van der Waals surface area contributed by atoms with Crippen molar-refractivity contribution in [1.82, 2.24) is 0 Å². The lowest BCUT2D eigenvalue weighted by atomic mass is 10.1. The average Bonchev–Trinajstić information content (AvgIpc) is 3.12. The normalized spacial score (nSPS) is 29.9. The van der Waals surface area contributed by atoms with Gasteiger partial charge in [-0.2, -0.15) is 0 Å². The van der Waals surface area contributed by atoms with Crippen molar-refractivity contribution < 1.29 is 28.5 Å². The van der Waals surface area contributed by atoms with Crippen LogP contribution in [0.2, 0.25) is 0 Å². The van der Waals surface area contributed by atoms with Gasteiger partial charge in [-0.15, -0.1) is 0 Å². The molecule has 24 heavy (non-hydrogen) atoms. The minimum atomic E-state index is -0.500. The summed E-state index contributed by atoms with van der Waals surface area (Å²) >= 11 is 0. The molecule has 0 aromatic rings. The second-order valence-corrected chi connectivity index (χ2v) is 5.32. The molecule has 0 spiro atoms. The number of rotatable bonds is 6. The van der Waals surface area contributed by atoms with E-state index in [0.29, 0.717) is 0 Å². The first kappa shape index (κ1) is 18.2. The molecule has 4 atom stereocenters. The quantitative estimate of drug-likeness (QED) is 0.419. The van der Waals surface area contributed by atoms with Gasteiger partial charge in [-0.1, -0.05) is 36.5 Å². The van der Waals surface area contributed by atoms with E-state index >= 15 is 0 Å². The molecule has 0 bridgehead atoms.